The second kappa shape index (κ2) is 5.88. The highest BCUT2D eigenvalue weighted by Crippen LogP contribution is 2.23. The highest BCUT2D eigenvalue weighted by atomic mass is 32.1. The fourth-order valence-electron chi connectivity index (χ4n) is 1.99. The Morgan fingerprint density at radius 3 is 2.55 bits per heavy atom. The molecule has 1 aromatic carbocycles. The highest BCUT2D eigenvalue weighted by molar-refractivity contribution is 7.10. The maximum Gasteiger partial charge on any atom is 0.251 e. The van der Waals surface area contributed by atoms with E-state index >= 15 is 0 Å². The molecule has 2 rings (SSSR count). The lowest BCUT2D eigenvalue weighted by Gasteiger charge is -2.14. The average molecular weight is 288 g/mol. The molecule has 0 saturated heterocycles. The molecule has 0 aliphatic carbocycles. The third kappa shape index (κ3) is 3.05. The first-order valence-electron chi connectivity index (χ1n) is 6.23. The monoisotopic (exact) mass is 288 g/mol. The van der Waals surface area contributed by atoms with E-state index in [2.05, 4.69) is 5.32 Å². The van der Waals surface area contributed by atoms with Crippen molar-refractivity contribution in [3.63, 3.8) is 0 Å². The van der Waals surface area contributed by atoms with Crippen LogP contribution < -0.4 is 11.1 Å². The van der Waals surface area contributed by atoms with Gasteiger partial charge in [0.2, 0.25) is 5.91 Å². The first-order chi connectivity index (χ1) is 9.49. The second-order valence-corrected chi connectivity index (χ2v) is 5.56. The number of thiophene rings is 1. The maximum atomic E-state index is 12.2. The van der Waals surface area contributed by atoms with Gasteiger partial charge in [0.15, 0.2) is 0 Å². The predicted octanol–water partition coefficient (Wildman–Crippen LogP) is 2.65. The molecule has 1 heterocycles. The number of rotatable bonds is 4. The Balaban J connectivity index is 2.14. The molecule has 1 unspecified atom stereocenters. The molecule has 0 aliphatic rings. The van der Waals surface area contributed by atoms with Crippen molar-refractivity contribution in [2.45, 2.75) is 19.9 Å². The van der Waals surface area contributed by atoms with Crippen molar-refractivity contribution in [1.29, 1.82) is 0 Å². The van der Waals surface area contributed by atoms with E-state index in [0.29, 0.717) is 11.1 Å². The summed E-state index contributed by atoms with van der Waals surface area (Å²) in [6.07, 6.45) is 0. The molecule has 104 valence electrons. The van der Waals surface area contributed by atoms with Crippen molar-refractivity contribution in [3.05, 3.63) is 57.3 Å². The lowest BCUT2D eigenvalue weighted by Crippen LogP contribution is -2.26. The van der Waals surface area contributed by atoms with E-state index in [1.807, 2.05) is 25.3 Å². The van der Waals surface area contributed by atoms with Crippen LogP contribution in [-0.2, 0) is 0 Å². The molecule has 0 bridgehead atoms. The summed E-state index contributed by atoms with van der Waals surface area (Å²) in [6.45, 7) is 3.96. The summed E-state index contributed by atoms with van der Waals surface area (Å²) in [5.41, 5.74) is 7.14. The van der Waals surface area contributed by atoms with Crippen molar-refractivity contribution in [2.75, 3.05) is 0 Å². The van der Waals surface area contributed by atoms with Crippen LogP contribution in [0.15, 0.2) is 35.7 Å². The minimum absolute atomic E-state index is 0.0697. The quantitative estimate of drug-likeness (QED) is 0.907. The lowest BCUT2D eigenvalue weighted by molar-refractivity contribution is 0.0940. The van der Waals surface area contributed by atoms with Crippen molar-refractivity contribution >= 4 is 23.2 Å². The first-order valence-corrected chi connectivity index (χ1v) is 7.11. The van der Waals surface area contributed by atoms with Gasteiger partial charge in [-0.1, -0.05) is 6.07 Å². The molecule has 2 aromatic rings. The molecule has 1 aromatic heterocycles. The van der Waals surface area contributed by atoms with Gasteiger partial charge in [-0.2, -0.15) is 0 Å². The zero-order valence-corrected chi connectivity index (χ0v) is 12.2. The van der Waals surface area contributed by atoms with E-state index in [-0.39, 0.29) is 11.9 Å². The summed E-state index contributed by atoms with van der Waals surface area (Å²) in [6, 6.07) is 8.36. The molecule has 0 fully saturated rings. The van der Waals surface area contributed by atoms with E-state index in [0.717, 1.165) is 10.4 Å². The van der Waals surface area contributed by atoms with E-state index in [9.17, 15) is 9.59 Å². The number of nitrogens with one attached hydrogen (secondary N) is 1. The Labute approximate surface area is 121 Å². The molecule has 0 radical (unpaired) electrons. The van der Waals surface area contributed by atoms with Crippen molar-refractivity contribution < 1.29 is 9.59 Å². The lowest BCUT2D eigenvalue weighted by atomic mass is 10.1. The molecule has 2 amide bonds. The summed E-state index contributed by atoms with van der Waals surface area (Å²) in [5, 5.41) is 4.93. The Morgan fingerprint density at radius 1 is 1.25 bits per heavy atom. The predicted molar refractivity (Wildman–Crippen MR) is 79.9 cm³/mol. The maximum absolute atomic E-state index is 12.2. The van der Waals surface area contributed by atoms with Crippen LogP contribution in [0, 0.1) is 6.92 Å². The van der Waals surface area contributed by atoms with Crippen molar-refractivity contribution in [2.24, 2.45) is 5.73 Å². The fraction of sp³-hybridized carbons (Fsp3) is 0.200. The number of hydrogen-bond donors (Lipinski definition) is 2. The normalized spacial score (nSPS) is 11.9. The number of carbonyl (C=O) groups is 2. The molecule has 1 atom stereocenters. The molecule has 20 heavy (non-hydrogen) atoms. The Hall–Kier alpha value is -2.14. The summed E-state index contributed by atoms with van der Waals surface area (Å²) >= 11 is 1.61. The molecule has 5 heteroatoms. The van der Waals surface area contributed by atoms with Gasteiger partial charge >= 0.3 is 0 Å². The zero-order valence-electron chi connectivity index (χ0n) is 11.3. The summed E-state index contributed by atoms with van der Waals surface area (Å²) in [5.74, 6) is -0.754. The van der Waals surface area contributed by atoms with E-state index in [1.54, 1.807) is 29.5 Å². The van der Waals surface area contributed by atoms with Crippen LogP contribution in [0.3, 0.4) is 0 Å². The van der Waals surface area contributed by atoms with Gasteiger partial charge in [-0.05, 0) is 49.1 Å². The third-order valence-electron chi connectivity index (χ3n) is 3.05. The molecular weight excluding hydrogens is 272 g/mol. The van der Waals surface area contributed by atoms with E-state index in [4.69, 9.17) is 5.73 Å². The van der Waals surface area contributed by atoms with Crippen LogP contribution in [-0.4, -0.2) is 11.8 Å². The summed E-state index contributed by atoms with van der Waals surface area (Å²) in [4.78, 5) is 24.4. The Kier molecular flexibility index (Phi) is 4.20. The van der Waals surface area contributed by atoms with Gasteiger partial charge in [0.25, 0.3) is 5.91 Å². The largest absolute Gasteiger partial charge is 0.366 e. The molecule has 3 N–H and O–H groups in total. The number of amides is 2. The molecule has 0 saturated carbocycles. The summed E-state index contributed by atoms with van der Waals surface area (Å²) < 4.78 is 0. The Morgan fingerprint density at radius 2 is 1.95 bits per heavy atom. The zero-order chi connectivity index (χ0) is 14.7. The van der Waals surface area contributed by atoms with Crippen LogP contribution in [0.5, 0.6) is 0 Å². The number of aryl methyl sites for hydroxylation is 1. The number of primary amides is 1. The SMILES string of the molecule is Cc1ccsc1C(C)NC(=O)c1cccc(C(N)=O)c1. The topological polar surface area (TPSA) is 72.2 Å². The smallest absolute Gasteiger partial charge is 0.251 e. The van der Waals surface area contributed by atoms with Gasteiger partial charge in [-0.3, -0.25) is 9.59 Å². The molecule has 0 spiro atoms. The Bertz CT molecular complexity index is 649. The number of hydrogen-bond acceptors (Lipinski definition) is 3. The average Bonchev–Trinajstić information content (AvgIpc) is 2.85. The minimum Gasteiger partial charge on any atom is -0.366 e. The summed E-state index contributed by atoms with van der Waals surface area (Å²) in [7, 11) is 0. The van der Waals surface area contributed by atoms with Crippen molar-refractivity contribution in [3.8, 4) is 0 Å². The number of carbonyl (C=O) groups excluding carboxylic acids is 2. The molecular formula is C15H16N2O2S. The third-order valence-corrected chi connectivity index (χ3v) is 4.25. The second-order valence-electron chi connectivity index (χ2n) is 4.61. The van der Waals surface area contributed by atoms with Gasteiger partial charge < -0.3 is 11.1 Å². The van der Waals surface area contributed by atoms with Crippen LogP contribution in [0.4, 0.5) is 0 Å². The standard InChI is InChI=1S/C15H16N2O2S/c1-9-6-7-20-13(9)10(2)17-15(19)12-5-3-4-11(8-12)14(16)18/h3-8,10H,1-2H3,(H2,16,18)(H,17,19). The van der Waals surface area contributed by atoms with Gasteiger partial charge in [-0.15, -0.1) is 11.3 Å². The van der Waals surface area contributed by atoms with Gasteiger partial charge in [0, 0.05) is 16.0 Å². The van der Waals surface area contributed by atoms with Gasteiger partial charge in [0.1, 0.15) is 0 Å². The number of benzene rings is 1. The highest BCUT2D eigenvalue weighted by Gasteiger charge is 2.15. The van der Waals surface area contributed by atoms with E-state index in [1.165, 1.54) is 6.07 Å². The van der Waals surface area contributed by atoms with Gasteiger partial charge in [-0.25, -0.2) is 0 Å². The minimum atomic E-state index is -0.540. The molecule has 0 aliphatic heterocycles. The van der Waals surface area contributed by atoms with E-state index < -0.39 is 5.91 Å². The van der Waals surface area contributed by atoms with Crippen LogP contribution >= 0.6 is 11.3 Å². The molecule has 4 nitrogen and oxygen atoms in total. The first kappa shape index (κ1) is 14.3. The van der Waals surface area contributed by atoms with Gasteiger partial charge in [0.05, 0.1) is 6.04 Å². The van der Waals surface area contributed by atoms with Crippen LogP contribution in [0.2, 0.25) is 0 Å². The van der Waals surface area contributed by atoms with Crippen molar-refractivity contribution in [1.82, 2.24) is 5.32 Å². The fourth-order valence-corrected chi connectivity index (χ4v) is 2.92. The van der Waals surface area contributed by atoms with Crippen LogP contribution in [0.25, 0.3) is 0 Å². The van der Waals surface area contributed by atoms with Crippen LogP contribution in [0.1, 0.15) is 44.1 Å². The number of nitrogens with two attached hydrogens (primary N) is 1.